The molecule has 5 rings (SSSR count). The molecule has 3 aliphatic heterocycles. The number of rotatable bonds is 4. The number of ether oxygens (including phenoxy) is 2. The molecule has 0 unspecified atom stereocenters. The van der Waals surface area contributed by atoms with Crippen molar-refractivity contribution in [2.75, 3.05) is 45.9 Å². The zero-order valence-corrected chi connectivity index (χ0v) is 16.8. The van der Waals surface area contributed by atoms with Gasteiger partial charge in [0.15, 0.2) is 0 Å². The quantitative estimate of drug-likeness (QED) is 0.401. The molecule has 6 heteroatoms. The molecule has 5 fully saturated rings. The molecule has 0 radical (unpaired) electrons. The van der Waals surface area contributed by atoms with E-state index in [-0.39, 0.29) is 47.6 Å². The zero-order chi connectivity index (χ0) is 18.8. The van der Waals surface area contributed by atoms with Gasteiger partial charge in [-0.3, -0.25) is 4.79 Å². The van der Waals surface area contributed by atoms with E-state index in [0.29, 0.717) is 5.92 Å². The Balaban J connectivity index is 1.30. The van der Waals surface area contributed by atoms with E-state index < -0.39 is 0 Å². The number of epoxide rings is 1. The lowest BCUT2D eigenvalue weighted by Crippen LogP contribution is -3.28. The van der Waals surface area contributed by atoms with Crippen LogP contribution in [0.4, 0.5) is 0 Å². The average Bonchev–Trinajstić information content (AvgIpc) is 3.32. The second-order valence-electron chi connectivity index (χ2n) is 10.2. The van der Waals surface area contributed by atoms with Crippen LogP contribution in [0.25, 0.3) is 0 Å². The zero-order valence-electron chi connectivity index (χ0n) is 16.8. The van der Waals surface area contributed by atoms with Crippen molar-refractivity contribution >= 4 is 5.97 Å². The Hall–Kier alpha value is -0.690. The summed E-state index contributed by atoms with van der Waals surface area (Å²) in [7, 11) is 0. The van der Waals surface area contributed by atoms with Crippen LogP contribution in [-0.2, 0) is 14.3 Å². The Bertz CT molecular complexity index is 607. The van der Waals surface area contributed by atoms with Crippen molar-refractivity contribution in [1.82, 2.24) is 0 Å². The number of hydrogen-bond acceptors (Lipinski definition) is 4. The van der Waals surface area contributed by atoms with Gasteiger partial charge in [0, 0.05) is 11.3 Å². The molecular weight excluding hydrogens is 344 g/mol. The summed E-state index contributed by atoms with van der Waals surface area (Å²) in [6.07, 6.45) is 5.02. The van der Waals surface area contributed by atoms with E-state index in [4.69, 9.17) is 14.6 Å². The maximum absolute atomic E-state index is 12.8. The maximum atomic E-state index is 12.8. The lowest BCUT2D eigenvalue weighted by atomic mass is 9.53. The van der Waals surface area contributed by atoms with Gasteiger partial charge in [0.2, 0.25) is 0 Å². The second-order valence-corrected chi connectivity index (χ2v) is 10.2. The number of quaternary nitrogens is 2. The van der Waals surface area contributed by atoms with Gasteiger partial charge >= 0.3 is 5.97 Å². The average molecular weight is 381 g/mol. The molecule has 0 bridgehead atoms. The first-order valence-electron chi connectivity index (χ1n) is 11.1. The highest BCUT2D eigenvalue weighted by Gasteiger charge is 2.78. The number of carbonyl (C=O) groups is 1. The molecule has 0 aromatic rings. The Labute approximate surface area is 162 Å². The Kier molecular flexibility index (Phi) is 4.35. The van der Waals surface area contributed by atoms with Gasteiger partial charge in [-0.2, -0.15) is 0 Å². The van der Waals surface area contributed by atoms with Gasteiger partial charge in [0.25, 0.3) is 0 Å². The number of carbonyl (C=O) groups excluding carboxylic acids is 1. The fourth-order valence-corrected chi connectivity index (χ4v) is 7.35. The maximum Gasteiger partial charge on any atom is 0.315 e. The molecule has 3 N–H and O–H groups in total. The summed E-state index contributed by atoms with van der Waals surface area (Å²) in [6.45, 7) is 11.1. The fraction of sp³-hybridized carbons (Fsp3) is 0.952. The van der Waals surface area contributed by atoms with Crippen molar-refractivity contribution in [3.8, 4) is 0 Å². The second kappa shape index (κ2) is 6.41. The minimum atomic E-state index is 0.00689. The van der Waals surface area contributed by atoms with Crippen molar-refractivity contribution in [3.05, 3.63) is 0 Å². The molecule has 5 aliphatic rings. The van der Waals surface area contributed by atoms with Gasteiger partial charge in [0.05, 0.1) is 19.3 Å². The SMILES string of the molecule is C[C@H]1CCC[C@]2(C)C[C@H]3OC(=O)[C@H](C[NH+]4CC[NH+](CCO)CC4)[C@H]3[C@@H]3O[C@@]132. The molecule has 2 aliphatic carbocycles. The van der Waals surface area contributed by atoms with Gasteiger partial charge < -0.3 is 24.4 Å². The molecule has 1 spiro atoms. The summed E-state index contributed by atoms with van der Waals surface area (Å²) < 4.78 is 12.5. The van der Waals surface area contributed by atoms with Crippen LogP contribution in [0.15, 0.2) is 0 Å². The molecule has 152 valence electrons. The van der Waals surface area contributed by atoms with E-state index in [1.165, 1.54) is 29.1 Å². The van der Waals surface area contributed by atoms with E-state index in [0.717, 1.165) is 45.7 Å². The van der Waals surface area contributed by atoms with Crippen LogP contribution < -0.4 is 9.80 Å². The van der Waals surface area contributed by atoms with Gasteiger partial charge in [-0.05, 0) is 25.2 Å². The summed E-state index contributed by atoms with van der Waals surface area (Å²) in [5.74, 6) is 0.897. The summed E-state index contributed by atoms with van der Waals surface area (Å²) >= 11 is 0. The van der Waals surface area contributed by atoms with Crippen molar-refractivity contribution < 1.29 is 29.2 Å². The number of nitrogens with one attached hydrogen (secondary N) is 2. The molecule has 2 saturated carbocycles. The van der Waals surface area contributed by atoms with Crippen molar-refractivity contribution in [1.29, 1.82) is 0 Å². The van der Waals surface area contributed by atoms with Crippen LogP contribution in [0.1, 0.15) is 39.5 Å². The molecule has 3 saturated heterocycles. The Morgan fingerprint density at radius 2 is 1.96 bits per heavy atom. The molecule has 0 aromatic heterocycles. The smallest absolute Gasteiger partial charge is 0.315 e. The van der Waals surface area contributed by atoms with E-state index in [2.05, 4.69) is 13.8 Å². The standard InChI is InChI=1S/C21H34N2O4/c1-14-4-3-5-20(2)12-16-17(18-21(14,20)27-18)15(19(25)26-16)13-23-8-6-22(7-9-23)10-11-24/h14-18,24H,3-13H2,1-2H3/p+2/t14-,15+,16+,17+,18-,20+,21-/m0/s1. The van der Waals surface area contributed by atoms with Crippen molar-refractivity contribution in [3.63, 3.8) is 0 Å². The van der Waals surface area contributed by atoms with Crippen molar-refractivity contribution in [2.45, 2.75) is 57.3 Å². The van der Waals surface area contributed by atoms with Crippen LogP contribution in [0.5, 0.6) is 0 Å². The molecule has 0 amide bonds. The number of aliphatic hydroxyl groups excluding tert-OH is 1. The van der Waals surface area contributed by atoms with E-state index in [9.17, 15) is 4.79 Å². The minimum absolute atomic E-state index is 0.00689. The van der Waals surface area contributed by atoms with E-state index in [1.54, 1.807) is 0 Å². The summed E-state index contributed by atoms with van der Waals surface area (Å²) in [4.78, 5) is 15.8. The van der Waals surface area contributed by atoms with Gasteiger partial charge in [-0.1, -0.05) is 20.3 Å². The predicted molar refractivity (Wildman–Crippen MR) is 98.4 cm³/mol. The number of piperazine rings is 1. The molecular formula is C21H36N2O4+2. The number of esters is 1. The number of fused-ring (bicyclic) bond motifs is 2. The highest BCUT2D eigenvalue weighted by molar-refractivity contribution is 5.76. The molecule has 27 heavy (non-hydrogen) atoms. The number of hydrogen-bond donors (Lipinski definition) is 3. The lowest BCUT2D eigenvalue weighted by Gasteiger charge is -2.48. The largest absolute Gasteiger partial charge is 0.462 e. The normalized spacial score (nSPS) is 53.9. The van der Waals surface area contributed by atoms with Crippen molar-refractivity contribution in [2.24, 2.45) is 23.2 Å². The van der Waals surface area contributed by atoms with Crippen LogP contribution >= 0.6 is 0 Å². The molecule has 3 heterocycles. The predicted octanol–water partition coefficient (Wildman–Crippen LogP) is -1.71. The Morgan fingerprint density at radius 3 is 2.70 bits per heavy atom. The van der Waals surface area contributed by atoms with Crippen LogP contribution in [0, 0.1) is 23.2 Å². The van der Waals surface area contributed by atoms with E-state index >= 15 is 0 Å². The fourth-order valence-electron chi connectivity index (χ4n) is 7.35. The Morgan fingerprint density at radius 1 is 1.22 bits per heavy atom. The summed E-state index contributed by atoms with van der Waals surface area (Å²) in [5.41, 5.74) is 0.190. The van der Waals surface area contributed by atoms with Crippen LogP contribution in [0.2, 0.25) is 0 Å². The van der Waals surface area contributed by atoms with E-state index in [1.807, 2.05) is 0 Å². The first kappa shape index (κ1) is 18.3. The number of aliphatic hydroxyl groups is 1. The monoisotopic (exact) mass is 380 g/mol. The third-order valence-corrected chi connectivity index (χ3v) is 8.83. The van der Waals surface area contributed by atoms with Crippen LogP contribution in [0.3, 0.4) is 0 Å². The third kappa shape index (κ3) is 2.63. The van der Waals surface area contributed by atoms with Crippen LogP contribution in [-0.4, -0.2) is 74.8 Å². The van der Waals surface area contributed by atoms with Gasteiger partial charge in [-0.15, -0.1) is 0 Å². The highest BCUT2D eigenvalue weighted by Crippen LogP contribution is 2.70. The summed E-state index contributed by atoms with van der Waals surface area (Å²) in [6, 6.07) is 0. The first-order chi connectivity index (χ1) is 13.0. The topological polar surface area (TPSA) is 67.9 Å². The first-order valence-corrected chi connectivity index (χ1v) is 11.1. The molecule has 7 atom stereocenters. The molecule has 6 nitrogen and oxygen atoms in total. The van der Waals surface area contributed by atoms with Gasteiger partial charge in [0.1, 0.15) is 50.3 Å². The molecule has 0 aromatic carbocycles. The van der Waals surface area contributed by atoms with Gasteiger partial charge in [-0.25, -0.2) is 0 Å². The third-order valence-electron chi connectivity index (χ3n) is 8.83. The summed E-state index contributed by atoms with van der Waals surface area (Å²) in [5, 5.41) is 9.15. The highest BCUT2D eigenvalue weighted by atomic mass is 16.6. The lowest BCUT2D eigenvalue weighted by molar-refractivity contribution is -1.01. The minimum Gasteiger partial charge on any atom is -0.462 e.